The minimum Gasteiger partial charge on any atom is -0.464 e. The summed E-state index contributed by atoms with van der Waals surface area (Å²) in [6, 6.07) is 7.89. The van der Waals surface area contributed by atoms with Gasteiger partial charge < -0.3 is 10.1 Å². The van der Waals surface area contributed by atoms with Crippen LogP contribution in [0.5, 0.6) is 0 Å². The van der Waals surface area contributed by atoms with Crippen molar-refractivity contribution in [3.8, 4) is 0 Å². The Balaban J connectivity index is 1.90. The highest BCUT2D eigenvalue weighted by molar-refractivity contribution is 9.10. The van der Waals surface area contributed by atoms with Crippen LogP contribution in [0, 0.1) is 0 Å². The van der Waals surface area contributed by atoms with Crippen molar-refractivity contribution < 1.29 is 9.53 Å². The molecule has 3 nitrogen and oxygen atoms in total. The fraction of sp³-hybridized carbons (Fsp3) is 0.364. The van der Waals surface area contributed by atoms with E-state index in [1.807, 2.05) is 24.3 Å². The Morgan fingerprint density at radius 3 is 3.07 bits per heavy atom. The van der Waals surface area contributed by atoms with Gasteiger partial charge >= 0.3 is 5.97 Å². The van der Waals surface area contributed by atoms with E-state index in [0.717, 1.165) is 16.5 Å². The van der Waals surface area contributed by atoms with Crippen molar-refractivity contribution in [1.82, 2.24) is 5.32 Å². The molecule has 1 aromatic carbocycles. The summed E-state index contributed by atoms with van der Waals surface area (Å²) >= 11 is 3.41. The Morgan fingerprint density at radius 2 is 2.40 bits per heavy atom. The van der Waals surface area contributed by atoms with Crippen LogP contribution in [0.15, 0.2) is 28.7 Å². The molecule has 4 heteroatoms. The lowest BCUT2D eigenvalue weighted by Gasteiger charge is -2.08. The Kier molecular flexibility index (Phi) is 3.38. The lowest BCUT2D eigenvalue weighted by Crippen LogP contribution is -2.32. The summed E-state index contributed by atoms with van der Waals surface area (Å²) in [5, 5.41) is 3.18. The van der Waals surface area contributed by atoms with E-state index in [-0.39, 0.29) is 12.0 Å². The molecule has 0 aromatic heterocycles. The third-order valence-electron chi connectivity index (χ3n) is 2.38. The average Bonchev–Trinajstić information content (AvgIpc) is 2.61. The molecular formula is C11H12BrNO2. The maximum absolute atomic E-state index is 11.2. The van der Waals surface area contributed by atoms with Gasteiger partial charge in [0.25, 0.3) is 0 Å². The molecule has 0 saturated carbocycles. The quantitative estimate of drug-likeness (QED) is 0.852. The Bertz CT molecular complexity index is 367. The SMILES string of the molecule is O=C1OCCC1NCc1cccc(Br)c1. The van der Waals surface area contributed by atoms with E-state index in [1.54, 1.807) is 0 Å². The van der Waals surface area contributed by atoms with Crippen LogP contribution in [-0.2, 0) is 16.1 Å². The van der Waals surface area contributed by atoms with E-state index >= 15 is 0 Å². The van der Waals surface area contributed by atoms with Crippen molar-refractivity contribution in [1.29, 1.82) is 0 Å². The Labute approximate surface area is 96.9 Å². The number of rotatable bonds is 3. The Morgan fingerprint density at radius 1 is 1.53 bits per heavy atom. The second-order valence-corrected chi connectivity index (χ2v) is 4.44. The summed E-state index contributed by atoms with van der Waals surface area (Å²) in [7, 11) is 0. The first kappa shape index (κ1) is 10.6. The van der Waals surface area contributed by atoms with Crippen LogP contribution >= 0.6 is 15.9 Å². The minimum atomic E-state index is -0.135. The molecule has 1 saturated heterocycles. The number of benzene rings is 1. The summed E-state index contributed by atoms with van der Waals surface area (Å²) < 4.78 is 5.92. The van der Waals surface area contributed by atoms with E-state index in [0.29, 0.717) is 13.2 Å². The number of halogens is 1. The minimum absolute atomic E-state index is 0.134. The smallest absolute Gasteiger partial charge is 0.323 e. The van der Waals surface area contributed by atoms with Crippen LogP contribution in [0.2, 0.25) is 0 Å². The zero-order valence-electron chi connectivity index (χ0n) is 8.20. The van der Waals surface area contributed by atoms with Gasteiger partial charge in [0.05, 0.1) is 6.61 Å². The van der Waals surface area contributed by atoms with Crippen LogP contribution in [0.1, 0.15) is 12.0 Å². The van der Waals surface area contributed by atoms with Gasteiger partial charge in [-0.3, -0.25) is 4.79 Å². The van der Waals surface area contributed by atoms with Crippen molar-refractivity contribution >= 4 is 21.9 Å². The topological polar surface area (TPSA) is 38.3 Å². The molecule has 0 amide bonds. The zero-order chi connectivity index (χ0) is 10.7. The van der Waals surface area contributed by atoms with Gasteiger partial charge in [0.15, 0.2) is 0 Å². The number of carbonyl (C=O) groups excluding carboxylic acids is 1. The molecule has 1 aliphatic heterocycles. The second kappa shape index (κ2) is 4.77. The predicted molar refractivity (Wildman–Crippen MR) is 60.3 cm³/mol. The number of hydrogen-bond donors (Lipinski definition) is 1. The van der Waals surface area contributed by atoms with Crippen molar-refractivity contribution in [2.24, 2.45) is 0 Å². The molecule has 0 spiro atoms. The lowest BCUT2D eigenvalue weighted by atomic mass is 10.2. The maximum atomic E-state index is 11.2. The van der Waals surface area contributed by atoms with Crippen molar-refractivity contribution in [2.45, 2.75) is 19.0 Å². The summed E-state index contributed by atoms with van der Waals surface area (Å²) in [6.07, 6.45) is 0.771. The number of hydrogen-bond acceptors (Lipinski definition) is 3. The van der Waals surface area contributed by atoms with Gasteiger partial charge in [-0.15, -0.1) is 0 Å². The molecule has 1 aliphatic rings. The number of ether oxygens (including phenoxy) is 1. The van der Waals surface area contributed by atoms with Gasteiger partial charge in [-0.05, 0) is 17.7 Å². The fourth-order valence-electron chi connectivity index (χ4n) is 1.57. The van der Waals surface area contributed by atoms with Crippen LogP contribution in [-0.4, -0.2) is 18.6 Å². The van der Waals surface area contributed by atoms with Crippen molar-refractivity contribution in [3.63, 3.8) is 0 Å². The largest absolute Gasteiger partial charge is 0.464 e. The molecule has 0 bridgehead atoms. The van der Waals surface area contributed by atoms with Gasteiger partial charge in [-0.2, -0.15) is 0 Å². The summed E-state index contributed by atoms with van der Waals surface area (Å²) in [6.45, 7) is 1.23. The first-order valence-electron chi connectivity index (χ1n) is 4.90. The molecule has 1 fully saturated rings. The average molecular weight is 270 g/mol. The van der Waals surface area contributed by atoms with Crippen LogP contribution in [0.3, 0.4) is 0 Å². The molecule has 1 aromatic rings. The van der Waals surface area contributed by atoms with Gasteiger partial charge in [0.1, 0.15) is 6.04 Å². The van der Waals surface area contributed by atoms with E-state index in [2.05, 4.69) is 21.2 Å². The summed E-state index contributed by atoms with van der Waals surface area (Å²) in [4.78, 5) is 11.2. The van der Waals surface area contributed by atoms with Crippen molar-refractivity contribution in [2.75, 3.05) is 6.61 Å². The van der Waals surface area contributed by atoms with Crippen LogP contribution < -0.4 is 5.32 Å². The fourth-order valence-corrected chi connectivity index (χ4v) is 2.02. The third-order valence-corrected chi connectivity index (χ3v) is 2.87. The molecule has 80 valence electrons. The lowest BCUT2D eigenvalue weighted by molar-refractivity contribution is -0.139. The first-order chi connectivity index (χ1) is 7.25. The van der Waals surface area contributed by atoms with E-state index in [1.165, 1.54) is 0 Å². The summed E-state index contributed by atoms with van der Waals surface area (Å²) in [5.41, 5.74) is 1.16. The van der Waals surface area contributed by atoms with Gasteiger partial charge in [0.2, 0.25) is 0 Å². The monoisotopic (exact) mass is 269 g/mol. The maximum Gasteiger partial charge on any atom is 0.323 e. The van der Waals surface area contributed by atoms with Gasteiger partial charge in [-0.25, -0.2) is 0 Å². The number of cyclic esters (lactones) is 1. The number of carbonyl (C=O) groups is 1. The first-order valence-corrected chi connectivity index (χ1v) is 5.69. The highest BCUT2D eigenvalue weighted by atomic mass is 79.9. The van der Waals surface area contributed by atoms with Crippen molar-refractivity contribution in [3.05, 3.63) is 34.3 Å². The van der Waals surface area contributed by atoms with E-state index < -0.39 is 0 Å². The molecule has 15 heavy (non-hydrogen) atoms. The predicted octanol–water partition coefficient (Wildman–Crippen LogP) is 1.85. The van der Waals surface area contributed by atoms with Crippen LogP contribution in [0.4, 0.5) is 0 Å². The molecular weight excluding hydrogens is 258 g/mol. The standard InChI is InChI=1S/C11H12BrNO2/c12-9-3-1-2-8(6-9)7-13-10-4-5-15-11(10)14/h1-3,6,10,13H,4-5,7H2. The molecule has 2 rings (SSSR count). The molecule has 1 heterocycles. The normalized spacial score (nSPS) is 20.3. The molecule has 1 N–H and O–H groups in total. The molecule has 0 aliphatic carbocycles. The van der Waals surface area contributed by atoms with E-state index in [4.69, 9.17) is 4.74 Å². The van der Waals surface area contributed by atoms with Gasteiger partial charge in [-0.1, -0.05) is 28.1 Å². The zero-order valence-corrected chi connectivity index (χ0v) is 9.79. The highest BCUT2D eigenvalue weighted by Crippen LogP contribution is 2.12. The Hall–Kier alpha value is -0.870. The van der Waals surface area contributed by atoms with Gasteiger partial charge in [0, 0.05) is 17.4 Å². The highest BCUT2D eigenvalue weighted by Gasteiger charge is 2.25. The second-order valence-electron chi connectivity index (χ2n) is 3.52. The molecule has 0 radical (unpaired) electrons. The van der Waals surface area contributed by atoms with Crippen LogP contribution in [0.25, 0.3) is 0 Å². The molecule has 1 unspecified atom stereocenters. The number of esters is 1. The third kappa shape index (κ3) is 2.79. The summed E-state index contributed by atoms with van der Waals surface area (Å²) in [5.74, 6) is -0.134. The number of nitrogens with one attached hydrogen (secondary N) is 1. The molecule has 1 atom stereocenters. The van der Waals surface area contributed by atoms with E-state index in [9.17, 15) is 4.79 Å².